The van der Waals surface area contributed by atoms with Crippen LogP contribution in [0.4, 0.5) is 10.5 Å². The summed E-state index contributed by atoms with van der Waals surface area (Å²) in [6.45, 7) is 9.51. The number of halogens is 1. The zero-order chi connectivity index (χ0) is 28.3. The van der Waals surface area contributed by atoms with Gasteiger partial charge in [-0.15, -0.1) is 0 Å². The van der Waals surface area contributed by atoms with Crippen molar-refractivity contribution in [3.05, 3.63) is 47.5 Å². The molecule has 11 heteroatoms. The first-order chi connectivity index (χ1) is 18.4. The number of carbonyl (C=O) groups excluding carboxylic acids is 2. The normalized spacial score (nSPS) is 17.3. The molecule has 0 spiro atoms. The van der Waals surface area contributed by atoms with E-state index in [1.807, 2.05) is 44.2 Å². The Balaban J connectivity index is 1.43. The number of aromatic nitrogens is 2. The van der Waals surface area contributed by atoms with Crippen molar-refractivity contribution in [2.45, 2.75) is 64.8 Å². The maximum absolute atomic E-state index is 12.7. The van der Waals surface area contributed by atoms with Gasteiger partial charge in [0.1, 0.15) is 17.4 Å². The van der Waals surface area contributed by atoms with E-state index >= 15 is 0 Å². The zero-order valence-electron chi connectivity index (χ0n) is 22.9. The lowest BCUT2D eigenvalue weighted by atomic mass is 10.1. The maximum Gasteiger partial charge on any atom is 0.411 e. The van der Waals surface area contributed by atoms with Gasteiger partial charge in [0.2, 0.25) is 5.82 Å². The van der Waals surface area contributed by atoms with Gasteiger partial charge in [-0.1, -0.05) is 16.8 Å². The predicted octanol–water partition coefficient (Wildman–Crippen LogP) is 5.81. The van der Waals surface area contributed by atoms with Crippen LogP contribution >= 0.6 is 11.6 Å². The molecular weight excluding hydrogens is 524 g/mol. The highest BCUT2D eigenvalue weighted by Gasteiger charge is 2.42. The van der Waals surface area contributed by atoms with Crippen molar-refractivity contribution in [2.24, 2.45) is 0 Å². The van der Waals surface area contributed by atoms with Crippen LogP contribution in [0, 0.1) is 0 Å². The van der Waals surface area contributed by atoms with Crippen LogP contribution in [0.2, 0.25) is 5.02 Å². The SMILES string of the molecule is COC(=O)[C@H]1CC(Nc2ccc(-c3nc(-c4ccc(OC(C)C)c(Cl)c4)no3)cc2)CN1C(=O)OC(C)(C)C. The molecule has 208 valence electrons. The van der Waals surface area contributed by atoms with Gasteiger partial charge in [0.05, 0.1) is 18.2 Å². The van der Waals surface area contributed by atoms with E-state index in [4.69, 9.17) is 30.3 Å². The molecule has 4 rings (SSSR count). The number of carbonyl (C=O) groups is 2. The summed E-state index contributed by atoms with van der Waals surface area (Å²) in [6.07, 6.45) is -0.146. The Kier molecular flexibility index (Phi) is 8.34. The summed E-state index contributed by atoms with van der Waals surface area (Å²) in [5.74, 6) is 0.887. The smallest absolute Gasteiger partial charge is 0.411 e. The molecule has 2 heterocycles. The Morgan fingerprint density at radius 3 is 2.44 bits per heavy atom. The molecule has 0 saturated carbocycles. The van der Waals surface area contributed by atoms with Crippen molar-refractivity contribution in [3.8, 4) is 28.6 Å². The van der Waals surface area contributed by atoms with Crippen LogP contribution in [0.3, 0.4) is 0 Å². The predicted molar refractivity (Wildman–Crippen MR) is 147 cm³/mol. The fourth-order valence-electron chi connectivity index (χ4n) is 4.21. The molecule has 3 aromatic rings. The monoisotopic (exact) mass is 556 g/mol. The van der Waals surface area contributed by atoms with Crippen molar-refractivity contribution >= 4 is 29.4 Å². The van der Waals surface area contributed by atoms with Crippen molar-refractivity contribution < 1.29 is 28.3 Å². The van der Waals surface area contributed by atoms with Crippen LogP contribution in [0.1, 0.15) is 41.0 Å². The first kappa shape index (κ1) is 28.2. The van der Waals surface area contributed by atoms with Crippen molar-refractivity contribution in [3.63, 3.8) is 0 Å². The number of rotatable bonds is 7. The third kappa shape index (κ3) is 7.00. The maximum atomic E-state index is 12.7. The van der Waals surface area contributed by atoms with E-state index in [1.165, 1.54) is 12.0 Å². The molecule has 1 fully saturated rings. The molecule has 2 aromatic carbocycles. The molecule has 0 aliphatic carbocycles. The minimum Gasteiger partial charge on any atom is -0.489 e. The first-order valence-electron chi connectivity index (χ1n) is 12.7. The van der Waals surface area contributed by atoms with Gasteiger partial charge in [-0.3, -0.25) is 4.90 Å². The second-order valence-electron chi connectivity index (χ2n) is 10.6. The standard InChI is InChI=1S/C28H33ClN4O6/c1-16(2)37-23-12-9-18(13-21(23)29)24-31-25(39-32-24)17-7-10-19(11-8-17)30-20-14-22(26(34)36-6)33(15-20)27(35)38-28(3,4)5/h7-13,16,20,22,30H,14-15H2,1-6H3/t20?,22-/m1/s1. The van der Waals surface area contributed by atoms with E-state index < -0.39 is 23.7 Å². The summed E-state index contributed by atoms with van der Waals surface area (Å²) in [7, 11) is 1.31. The van der Waals surface area contributed by atoms with E-state index in [0.717, 1.165) is 11.3 Å². The Bertz CT molecular complexity index is 1320. The summed E-state index contributed by atoms with van der Waals surface area (Å²) < 4.78 is 21.6. The molecule has 1 aliphatic rings. The lowest BCUT2D eigenvalue weighted by Gasteiger charge is -2.27. The number of ether oxygens (including phenoxy) is 3. The number of benzene rings is 2. The number of methoxy groups -OCH3 is 1. The number of anilines is 1. The van der Waals surface area contributed by atoms with Crippen LogP contribution in [0.5, 0.6) is 5.75 Å². The average Bonchev–Trinajstić information content (AvgIpc) is 3.52. The Morgan fingerprint density at radius 2 is 1.82 bits per heavy atom. The summed E-state index contributed by atoms with van der Waals surface area (Å²) >= 11 is 6.35. The Morgan fingerprint density at radius 1 is 1.13 bits per heavy atom. The molecule has 1 unspecified atom stereocenters. The highest BCUT2D eigenvalue weighted by Crippen LogP contribution is 2.31. The molecule has 0 bridgehead atoms. The van der Waals surface area contributed by atoms with Crippen molar-refractivity contribution in [2.75, 3.05) is 19.0 Å². The summed E-state index contributed by atoms with van der Waals surface area (Å²) in [6, 6.07) is 11.9. The van der Waals surface area contributed by atoms with Crippen LogP contribution < -0.4 is 10.1 Å². The quantitative estimate of drug-likeness (QED) is 0.360. The van der Waals surface area contributed by atoms with Gasteiger partial charge < -0.3 is 24.1 Å². The fourth-order valence-corrected chi connectivity index (χ4v) is 4.44. The number of nitrogens with one attached hydrogen (secondary N) is 1. The van der Waals surface area contributed by atoms with Gasteiger partial charge in [0.15, 0.2) is 0 Å². The molecule has 1 saturated heterocycles. The topological polar surface area (TPSA) is 116 Å². The van der Waals surface area contributed by atoms with E-state index in [9.17, 15) is 9.59 Å². The summed E-state index contributed by atoms with van der Waals surface area (Å²) in [5, 5.41) is 7.94. The molecule has 1 aromatic heterocycles. The molecule has 1 N–H and O–H groups in total. The summed E-state index contributed by atoms with van der Waals surface area (Å²) in [5.41, 5.74) is 1.58. The van der Waals surface area contributed by atoms with Crippen LogP contribution in [0.15, 0.2) is 47.0 Å². The third-order valence-electron chi connectivity index (χ3n) is 5.88. The molecule has 39 heavy (non-hydrogen) atoms. The summed E-state index contributed by atoms with van der Waals surface area (Å²) in [4.78, 5) is 31.0. The van der Waals surface area contributed by atoms with E-state index in [1.54, 1.807) is 32.9 Å². The lowest BCUT2D eigenvalue weighted by molar-refractivity contribution is -0.145. The first-order valence-corrected chi connectivity index (χ1v) is 13.1. The second kappa shape index (κ2) is 11.5. The van der Waals surface area contributed by atoms with Gasteiger partial charge >= 0.3 is 12.1 Å². The van der Waals surface area contributed by atoms with Gasteiger partial charge in [0.25, 0.3) is 5.89 Å². The number of esters is 1. The number of hydrogen-bond donors (Lipinski definition) is 1. The zero-order valence-corrected chi connectivity index (χ0v) is 23.6. The average molecular weight is 557 g/mol. The number of likely N-dealkylation sites (tertiary alicyclic amines) is 1. The Hall–Kier alpha value is -3.79. The molecule has 0 radical (unpaired) electrons. The fraction of sp³-hybridized carbons (Fsp3) is 0.429. The number of amides is 1. The lowest BCUT2D eigenvalue weighted by Crippen LogP contribution is -2.44. The van der Waals surface area contributed by atoms with Gasteiger partial charge in [-0.25, -0.2) is 9.59 Å². The van der Waals surface area contributed by atoms with Gasteiger partial charge in [0, 0.05) is 35.8 Å². The highest BCUT2D eigenvalue weighted by molar-refractivity contribution is 6.32. The molecule has 2 atom stereocenters. The minimum atomic E-state index is -0.724. The molecular formula is C28H33ClN4O6. The van der Waals surface area contributed by atoms with Gasteiger partial charge in [-0.2, -0.15) is 4.98 Å². The van der Waals surface area contributed by atoms with Crippen LogP contribution in [-0.2, 0) is 14.3 Å². The van der Waals surface area contributed by atoms with Crippen molar-refractivity contribution in [1.82, 2.24) is 15.0 Å². The second-order valence-corrected chi connectivity index (χ2v) is 11.0. The number of hydrogen-bond acceptors (Lipinski definition) is 9. The third-order valence-corrected chi connectivity index (χ3v) is 6.18. The van der Waals surface area contributed by atoms with E-state index in [-0.39, 0.29) is 12.1 Å². The molecule has 1 amide bonds. The molecule has 10 nitrogen and oxygen atoms in total. The minimum absolute atomic E-state index is 0.00875. The van der Waals surface area contributed by atoms with Crippen LogP contribution in [0.25, 0.3) is 22.8 Å². The van der Waals surface area contributed by atoms with E-state index in [2.05, 4.69) is 15.5 Å². The highest BCUT2D eigenvalue weighted by atomic mass is 35.5. The van der Waals surface area contributed by atoms with Crippen molar-refractivity contribution in [1.29, 1.82) is 0 Å². The molecule has 1 aliphatic heterocycles. The van der Waals surface area contributed by atoms with Crippen LogP contribution in [-0.4, -0.2) is 64.5 Å². The Labute approximate surface area is 232 Å². The number of nitrogens with zero attached hydrogens (tertiary/aromatic N) is 3. The van der Waals surface area contributed by atoms with E-state index in [0.29, 0.717) is 41.0 Å². The van der Waals surface area contributed by atoms with Gasteiger partial charge in [-0.05, 0) is 77.1 Å². The largest absolute Gasteiger partial charge is 0.489 e.